The molecule has 0 aliphatic heterocycles. The molecule has 0 spiro atoms. The molecule has 1 heterocycles. The molecule has 5 heteroatoms. The third-order valence-corrected chi connectivity index (χ3v) is 2.18. The second-order valence-electron chi connectivity index (χ2n) is 4.02. The lowest BCUT2D eigenvalue weighted by Crippen LogP contribution is -2.16. The summed E-state index contributed by atoms with van der Waals surface area (Å²) < 4.78 is 0. The van der Waals surface area contributed by atoms with Crippen molar-refractivity contribution in [2.75, 3.05) is 44.9 Å². The number of aryl methyl sites for hydroxylation is 1. The zero-order chi connectivity index (χ0) is 12.0. The fraction of sp³-hybridized carbons (Fsp3) is 0.636. The lowest BCUT2D eigenvalue weighted by Gasteiger charge is -2.11. The number of nitrogens with one attached hydrogen (secondary N) is 2. The van der Waals surface area contributed by atoms with Crippen LogP contribution in [-0.4, -0.2) is 49.1 Å². The molecule has 0 aliphatic carbocycles. The number of hydrogen-bond acceptors (Lipinski definition) is 5. The van der Waals surface area contributed by atoms with Crippen molar-refractivity contribution in [1.29, 1.82) is 0 Å². The van der Waals surface area contributed by atoms with Crippen LogP contribution in [0.1, 0.15) is 12.2 Å². The van der Waals surface area contributed by atoms with Crippen LogP contribution in [0.4, 0.5) is 11.6 Å². The van der Waals surface area contributed by atoms with E-state index in [4.69, 9.17) is 0 Å². The Morgan fingerprint density at radius 2 is 1.94 bits per heavy atom. The molecule has 1 aromatic rings. The van der Waals surface area contributed by atoms with Crippen LogP contribution in [0.15, 0.2) is 6.07 Å². The van der Waals surface area contributed by atoms with E-state index in [0.717, 1.165) is 37.0 Å². The van der Waals surface area contributed by atoms with Crippen molar-refractivity contribution in [2.45, 2.75) is 13.3 Å². The predicted octanol–water partition coefficient (Wildman–Crippen LogP) is 1.19. The van der Waals surface area contributed by atoms with Gasteiger partial charge < -0.3 is 15.5 Å². The van der Waals surface area contributed by atoms with Gasteiger partial charge >= 0.3 is 0 Å². The summed E-state index contributed by atoms with van der Waals surface area (Å²) in [6.45, 7) is 3.90. The van der Waals surface area contributed by atoms with E-state index in [1.807, 2.05) is 20.0 Å². The molecule has 1 rings (SSSR count). The Hall–Kier alpha value is -1.36. The first-order valence-corrected chi connectivity index (χ1v) is 5.54. The first-order chi connectivity index (χ1) is 7.61. The molecule has 0 aromatic carbocycles. The van der Waals surface area contributed by atoms with Gasteiger partial charge in [-0.1, -0.05) is 0 Å². The molecule has 90 valence electrons. The van der Waals surface area contributed by atoms with Gasteiger partial charge in [-0.25, -0.2) is 9.97 Å². The van der Waals surface area contributed by atoms with Gasteiger partial charge in [0.25, 0.3) is 0 Å². The normalized spacial score (nSPS) is 10.6. The molecule has 0 atom stereocenters. The van der Waals surface area contributed by atoms with Crippen LogP contribution >= 0.6 is 0 Å². The molecule has 0 fully saturated rings. The van der Waals surface area contributed by atoms with Crippen molar-refractivity contribution < 1.29 is 0 Å². The van der Waals surface area contributed by atoms with Crippen LogP contribution in [0.3, 0.4) is 0 Å². The molecule has 1 aromatic heterocycles. The summed E-state index contributed by atoms with van der Waals surface area (Å²) >= 11 is 0. The summed E-state index contributed by atoms with van der Waals surface area (Å²) in [7, 11) is 6.01. The highest BCUT2D eigenvalue weighted by molar-refractivity contribution is 5.46. The summed E-state index contributed by atoms with van der Waals surface area (Å²) in [5.74, 6) is 2.51. The molecule has 16 heavy (non-hydrogen) atoms. The molecule has 0 unspecified atom stereocenters. The van der Waals surface area contributed by atoms with Crippen LogP contribution < -0.4 is 10.6 Å². The van der Waals surface area contributed by atoms with Gasteiger partial charge in [-0.05, 0) is 34.0 Å². The van der Waals surface area contributed by atoms with Crippen molar-refractivity contribution in [2.24, 2.45) is 0 Å². The summed E-state index contributed by atoms with van der Waals surface area (Å²) in [4.78, 5) is 10.7. The van der Waals surface area contributed by atoms with Crippen molar-refractivity contribution in [3.8, 4) is 0 Å². The van der Waals surface area contributed by atoms with E-state index in [9.17, 15) is 0 Å². The van der Waals surface area contributed by atoms with E-state index in [-0.39, 0.29) is 0 Å². The molecule has 0 saturated carbocycles. The van der Waals surface area contributed by atoms with Gasteiger partial charge in [0.05, 0.1) is 0 Å². The standard InChI is InChI=1S/C11H21N5/c1-9-14-10(12-2)8-11(15-9)13-6-5-7-16(3)4/h8H,5-7H2,1-4H3,(H2,12,13,14,15). The third kappa shape index (κ3) is 4.44. The minimum atomic E-state index is 0.780. The summed E-state index contributed by atoms with van der Waals surface area (Å²) in [5, 5.41) is 6.32. The molecule has 5 nitrogen and oxygen atoms in total. The van der Waals surface area contributed by atoms with Gasteiger partial charge in [0.1, 0.15) is 17.5 Å². The number of hydrogen-bond donors (Lipinski definition) is 2. The van der Waals surface area contributed by atoms with Crippen molar-refractivity contribution in [3.05, 3.63) is 11.9 Å². The topological polar surface area (TPSA) is 53.1 Å². The Bertz CT molecular complexity index is 324. The molecule has 0 radical (unpaired) electrons. The Labute approximate surface area is 97.3 Å². The molecule has 0 bridgehead atoms. The molecular weight excluding hydrogens is 202 g/mol. The lowest BCUT2D eigenvalue weighted by molar-refractivity contribution is 0.405. The fourth-order valence-electron chi connectivity index (χ4n) is 1.40. The monoisotopic (exact) mass is 223 g/mol. The maximum absolute atomic E-state index is 4.32. The number of aromatic nitrogens is 2. The first-order valence-electron chi connectivity index (χ1n) is 5.54. The highest BCUT2D eigenvalue weighted by Gasteiger charge is 1.99. The van der Waals surface area contributed by atoms with Crippen LogP contribution in [0.25, 0.3) is 0 Å². The first kappa shape index (κ1) is 12.7. The Balaban J connectivity index is 2.44. The largest absolute Gasteiger partial charge is 0.373 e. The fourth-order valence-corrected chi connectivity index (χ4v) is 1.40. The second-order valence-corrected chi connectivity index (χ2v) is 4.02. The van der Waals surface area contributed by atoms with E-state index in [1.165, 1.54) is 0 Å². The molecule has 2 N–H and O–H groups in total. The number of rotatable bonds is 6. The maximum Gasteiger partial charge on any atom is 0.131 e. The van der Waals surface area contributed by atoms with E-state index in [1.54, 1.807) is 0 Å². The summed E-state index contributed by atoms with van der Waals surface area (Å²) in [6.07, 6.45) is 1.10. The van der Waals surface area contributed by atoms with E-state index in [0.29, 0.717) is 0 Å². The van der Waals surface area contributed by atoms with E-state index in [2.05, 4.69) is 39.6 Å². The Morgan fingerprint density at radius 1 is 1.25 bits per heavy atom. The van der Waals surface area contributed by atoms with E-state index >= 15 is 0 Å². The van der Waals surface area contributed by atoms with Gasteiger partial charge in [-0.15, -0.1) is 0 Å². The molecule has 0 aliphatic rings. The summed E-state index contributed by atoms with van der Waals surface area (Å²) in [6, 6.07) is 1.92. The van der Waals surface area contributed by atoms with Gasteiger partial charge in [-0.2, -0.15) is 0 Å². The van der Waals surface area contributed by atoms with Gasteiger partial charge in [0, 0.05) is 19.7 Å². The minimum Gasteiger partial charge on any atom is -0.373 e. The van der Waals surface area contributed by atoms with E-state index < -0.39 is 0 Å². The van der Waals surface area contributed by atoms with Gasteiger partial charge in [0.2, 0.25) is 0 Å². The number of nitrogens with zero attached hydrogens (tertiary/aromatic N) is 3. The average molecular weight is 223 g/mol. The predicted molar refractivity (Wildman–Crippen MR) is 68.0 cm³/mol. The highest BCUT2D eigenvalue weighted by Crippen LogP contribution is 2.09. The summed E-state index contributed by atoms with van der Waals surface area (Å²) in [5.41, 5.74) is 0. The molecule has 0 amide bonds. The zero-order valence-electron chi connectivity index (χ0n) is 10.5. The molecular formula is C11H21N5. The average Bonchev–Trinajstić information content (AvgIpc) is 2.23. The van der Waals surface area contributed by atoms with Crippen LogP contribution in [-0.2, 0) is 0 Å². The van der Waals surface area contributed by atoms with Crippen LogP contribution in [0.2, 0.25) is 0 Å². The lowest BCUT2D eigenvalue weighted by atomic mass is 10.4. The van der Waals surface area contributed by atoms with Gasteiger partial charge in [-0.3, -0.25) is 0 Å². The van der Waals surface area contributed by atoms with Gasteiger partial charge in [0.15, 0.2) is 0 Å². The quantitative estimate of drug-likeness (QED) is 0.710. The van der Waals surface area contributed by atoms with Crippen molar-refractivity contribution >= 4 is 11.6 Å². The van der Waals surface area contributed by atoms with Crippen LogP contribution in [0.5, 0.6) is 0 Å². The Kier molecular flexibility index (Phi) is 4.98. The highest BCUT2D eigenvalue weighted by atomic mass is 15.1. The number of anilines is 2. The minimum absolute atomic E-state index is 0.780. The van der Waals surface area contributed by atoms with Crippen molar-refractivity contribution in [1.82, 2.24) is 14.9 Å². The van der Waals surface area contributed by atoms with Crippen LogP contribution in [0, 0.1) is 6.92 Å². The Morgan fingerprint density at radius 3 is 2.56 bits per heavy atom. The SMILES string of the molecule is CNc1cc(NCCCN(C)C)nc(C)n1. The maximum atomic E-state index is 4.32. The molecule has 0 saturated heterocycles. The second kappa shape index (κ2) is 6.27. The zero-order valence-corrected chi connectivity index (χ0v) is 10.5. The third-order valence-electron chi connectivity index (χ3n) is 2.18. The smallest absolute Gasteiger partial charge is 0.131 e. The van der Waals surface area contributed by atoms with Crippen molar-refractivity contribution in [3.63, 3.8) is 0 Å².